The highest BCUT2D eigenvalue weighted by atomic mass is 32.2. The average Bonchev–Trinajstić information content (AvgIpc) is 2.83. The van der Waals surface area contributed by atoms with Gasteiger partial charge in [-0.25, -0.2) is 17.5 Å². The Kier molecular flexibility index (Phi) is 6.44. The summed E-state index contributed by atoms with van der Waals surface area (Å²) in [5.41, 5.74) is 7.47. The van der Waals surface area contributed by atoms with E-state index in [2.05, 4.69) is 9.71 Å². The molecule has 0 saturated heterocycles. The fourth-order valence-electron chi connectivity index (χ4n) is 3.84. The van der Waals surface area contributed by atoms with E-state index in [1.165, 1.54) is 25.3 Å². The Labute approximate surface area is 209 Å². The number of benzene rings is 3. The van der Waals surface area contributed by atoms with Crippen LogP contribution in [-0.2, 0) is 15.4 Å². The van der Waals surface area contributed by atoms with Gasteiger partial charge in [-0.3, -0.25) is 9.78 Å². The first kappa shape index (κ1) is 25.1. The Balaban J connectivity index is 1.69. The summed E-state index contributed by atoms with van der Waals surface area (Å²) in [5.74, 6) is -1.25. The minimum atomic E-state index is -4.23. The number of methoxy groups -OCH3 is 1. The Morgan fingerprint density at radius 1 is 1.06 bits per heavy atom. The summed E-state index contributed by atoms with van der Waals surface area (Å²) in [4.78, 5) is 17.0. The van der Waals surface area contributed by atoms with Gasteiger partial charge >= 0.3 is 0 Å². The van der Waals surface area contributed by atoms with Crippen LogP contribution in [0, 0.1) is 5.82 Å². The van der Waals surface area contributed by atoms with E-state index in [-0.39, 0.29) is 27.3 Å². The van der Waals surface area contributed by atoms with Crippen LogP contribution in [0.4, 0.5) is 10.1 Å². The lowest BCUT2D eigenvalue weighted by atomic mass is 9.87. The third kappa shape index (κ3) is 4.87. The number of fused-ring (bicyclic) bond motifs is 1. The van der Waals surface area contributed by atoms with Gasteiger partial charge in [0.05, 0.1) is 24.7 Å². The van der Waals surface area contributed by atoms with Crippen molar-refractivity contribution >= 4 is 32.4 Å². The van der Waals surface area contributed by atoms with Crippen molar-refractivity contribution in [2.75, 3.05) is 12.8 Å². The minimum Gasteiger partial charge on any atom is -0.495 e. The van der Waals surface area contributed by atoms with Crippen LogP contribution in [0.5, 0.6) is 5.75 Å². The van der Waals surface area contributed by atoms with Crippen LogP contribution in [0.2, 0.25) is 0 Å². The number of carbonyl (C=O) groups is 1. The molecule has 0 aliphatic heterocycles. The number of aromatic nitrogens is 1. The van der Waals surface area contributed by atoms with Gasteiger partial charge in [-0.1, -0.05) is 51.1 Å². The second-order valence-corrected chi connectivity index (χ2v) is 11.0. The van der Waals surface area contributed by atoms with E-state index in [9.17, 15) is 17.6 Å². The molecule has 1 amide bonds. The number of hydrogen-bond donors (Lipinski definition) is 2. The van der Waals surface area contributed by atoms with Crippen LogP contribution in [0.3, 0.4) is 0 Å². The predicted octanol–water partition coefficient (Wildman–Crippen LogP) is 5.05. The Morgan fingerprint density at radius 2 is 1.81 bits per heavy atom. The number of nitrogens with one attached hydrogen (secondary N) is 1. The minimum absolute atomic E-state index is 0.0239. The maximum absolute atomic E-state index is 13.6. The first-order valence-corrected chi connectivity index (χ1v) is 12.6. The zero-order valence-corrected chi connectivity index (χ0v) is 21.1. The first-order chi connectivity index (χ1) is 16.9. The van der Waals surface area contributed by atoms with Crippen LogP contribution >= 0.6 is 0 Å². The number of halogens is 1. The van der Waals surface area contributed by atoms with E-state index in [4.69, 9.17) is 10.5 Å². The molecule has 0 fully saturated rings. The quantitative estimate of drug-likeness (QED) is 0.391. The third-order valence-corrected chi connectivity index (χ3v) is 7.20. The molecule has 0 atom stereocenters. The molecule has 36 heavy (non-hydrogen) atoms. The monoisotopic (exact) mass is 507 g/mol. The Morgan fingerprint density at radius 3 is 2.47 bits per heavy atom. The molecule has 0 aliphatic carbocycles. The highest BCUT2D eigenvalue weighted by Gasteiger charge is 2.26. The zero-order chi connectivity index (χ0) is 26.3. The first-order valence-electron chi connectivity index (χ1n) is 11.1. The lowest BCUT2D eigenvalue weighted by Crippen LogP contribution is -2.31. The molecule has 3 aromatic carbocycles. The second-order valence-electron chi connectivity index (χ2n) is 9.38. The smallest absolute Gasteiger partial charge is 0.268 e. The molecule has 7 nitrogen and oxygen atoms in total. The van der Waals surface area contributed by atoms with E-state index in [1.807, 2.05) is 20.8 Å². The summed E-state index contributed by atoms with van der Waals surface area (Å²) in [7, 11) is -2.86. The summed E-state index contributed by atoms with van der Waals surface area (Å²) < 4.78 is 47.3. The maximum Gasteiger partial charge on any atom is 0.268 e. The normalized spacial score (nSPS) is 11.9. The van der Waals surface area contributed by atoms with Crippen LogP contribution in [0.1, 0.15) is 36.7 Å². The van der Waals surface area contributed by atoms with Crippen LogP contribution in [0.25, 0.3) is 22.0 Å². The predicted molar refractivity (Wildman–Crippen MR) is 138 cm³/mol. The molecule has 0 unspecified atom stereocenters. The number of amides is 1. The van der Waals surface area contributed by atoms with Crippen molar-refractivity contribution < 1.29 is 22.3 Å². The van der Waals surface area contributed by atoms with Crippen molar-refractivity contribution in [3.63, 3.8) is 0 Å². The standard InChI is InChI=1S/C27H26FN3O4S/c1-27(2,3)18-9-11-24(35-4)25(13-18)36(33,34)31-26(32)17-8-10-19-16(12-17)6-5-7-20(19)23-14-22(29)21(28)15-30-23/h5-15H,1-4H3,(H2,29,30)(H,31,32). The zero-order valence-electron chi connectivity index (χ0n) is 20.3. The topological polar surface area (TPSA) is 111 Å². The molecular formula is C27H26FN3O4S. The maximum atomic E-state index is 13.6. The molecule has 0 bridgehead atoms. The van der Waals surface area contributed by atoms with Crippen LogP contribution in [0.15, 0.2) is 71.8 Å². The van der Waals surface area contributed by atoms with Crippen molar-refractivity contribution in [3.8, 4) is 17.0 Å². The highest BCUT2D eigenvalue weighted by molar-refractivity contribution is 7.90. The summed E-state index contributed by atoms with van der Waals surface area (Å²) in [5, 5.41) is 1.42. The summed E-state index contributed by atoms with van der Waals surface area (Å²) in [6, 6.07) is 16.5. The van der Waals surface area contributed by atoms with Crippen LogP contribution in [-0.4, -0.2) is 26.4 Å². The van der Waals surface area contributed by atoms with Crippen molar-refractivity contribution in [1.82, 2.24) is 9.71 Å². The fourth-order valence-corrected chi connectivity index (χ4v) is 5.01. The van der Waals surface area contributed by atoms with Crippen molar-refractivity contribution in [1.29, 1.82) is 0 Å². The molecule has 0 radical (unpaired) electrons. The number of anilines is 1. The number of pyridine rings is 1. The molecule has 4 aromatic rings. The number of carbonyl (C=O) groups excluding carboxylic acids is 1. The van der Waals surface area contributed by atoms with E-state index in [0.717, 1.165) is 17.1 Å². The van der Waals surface area contributed by atoms with Crippen molar-refractivity contribution in [2.45, 2.75) is 31.1 Å². The largest absolute Gasteiger partial charge is 0.495 e. The number of rotatable bonds is 5. The van der Waals surface area contributed by atoms with Gasteiger partial charge in [0.1, 0.15) is 10.6 Å². The van der Waals surface area contributed by atoms with E-state index >= 15 is 0 Å². The van der Waals surface area contributed by atoms with Gasteiger partial charge in [-0.15, -0.1) is 0 Å². The molecule has 4 rings (SSSR count). The lowest BCUT2D eigenvalue weighted by molar-refractivity contribution is 0.0981. The molecule has 0 saturated carbocycles. The lowest BCUT2D eigenvalue weighted by Gasteiger charge is -2.21. The molecule has 186 valence electrons. The van der Waals surface area contributed by atoms with Gasteiger partial charge in [0, 0.05) is 11.1 Å². The summed E-state index contributed by atoms with van der Waals surface area (Å²) >= 11 is 0. The van der Waals surface area contributed by atoms with Gasteiger partial charge in [0.25, 0.3) is 15.9 Å². The fraction of sp³-hybridized carbons (Fsp3) is 0.185. The molecule has 1 heterocycles. The summed E-state index contributed by atoms with van der Waals surface area (Å²) in [6.07, 6.45) is 1.05. The molecule has 1 aromatic heterocycles. The van der Waals surface area contributed by atoms with E-state index in [1.54, 1.807) is 42.5 Å². The Hall–Kier alpha value is -3.98. The molecule has 0 spiro atoms. The second kappa shape index (κ2) is 9.23. The van der Waals surface area contributed by atoms with Gasteiger partial charge in [0.2, 0.25) is 0 Å². The highest BCUT2D eigenvalue weighted by Crippen LogP contribution is 2.32. The molecule has 3 N–H and O–H groups in total. The van der Waals surface area contributed by atoms with Gasteiger partial charge < -0.3 is 10.5 Å². The van der Waals surface area contributed by atoms with E-state index < -0.39 is 21.7 Å². The average molecular weight is 508 g/mol. The third-order valence-electron chi connectivity index (χ3n) is 5.85. The van der Waals surface area contributed by atoms with Gasteiger partial charge in [-0.05, 0) is 52.1 Å². The van der Waals surface area contributed by atoms with Crippen molar-refractivity contribution in [3.05, 3.63) is 83.8 Å². The number of sulfonamides is 1. The Bertz CT molecular complexity index is 1590. The molecule has 0 aliphatic rings. The number of nitrogen functional groups attached to an aromatic ring is 1. The van der Waals surface area contributed by atoms with Crippen molar-refractivity contribution in [2.24, 2.45) is 0 Å². The van der Waals surface area contributed by atoms with Gasteiger partial charge in [-0.2, -0.15) is 0 Å². The molecule has 9 heteroatoms. The SMILES string of the molecule is COc1ccc(C(C)(C)C)cc1S(=O)(=O)NC(=O)c1ccc2c(-c3cc(N)c(F)cn3)cccc2c1. The molecular weight excluding hydrogens is 481 g/mol. The number of hydrogen-bond acceptors (Lipinski definition) is 6. The van der Waals surface area contributed by atoms with Crippen LogP contribution < -0.4 is 15.2 Å². The number of ether oxygens (including phenoxy) is 1. The number of nitrogens with zero attached hydrogens (tertiary/aromatic N) is 1. The summed E-state index contributed by atoms with van der Waals surface area (Å²) in [6.45, 7) is 5.88. The van der Waals surface area contributed by atoms with Gasteiger partial charge in [0.15, 0.2) is 5.82 Å². The van der Waals surface area contributed by atoms with E-state index in [0.29, 0.717) is 16.6 Å². The number of nitrogens with two attached hydrogens (primary N) is 1.